The van der Waals surface area contributed by atoms with Gasteiger partial charge in [0.2, 0.25) is 0 Å². The van der Waals surface area contributed by atoms with E-state index in [1.165, 1.54) is 0 Å². The molecule has 0 radical (unpaired) electrons. The van der Waals surface area contributed by atoms with Gasteiger partial charge >= 0.3 is 6.18 Å². The highest BCUT2D eigenvalue weighted by Crippen LogP contribution is 2.15. The van der Waals surface area contributed by atoms with Gasteiger partial charge in [0.1, 0.15) is 6.61 Å². The number of aliphatic imine (C=N–C) groups is 1. The molecule has 0 spiro atoms. The van der Waals surface area contributed by atoms with Crippen molar-refractivity contribution >= 4 is 5.96 Å². The molecule has 0 heterocycles. The number of hydrogen-bond acceptors (Lipinski definition) is 2. The summed E-state index contributed by atoms with van der Waals surface area (Å²) in [5.74, 6) is 0.706. The summed E-state index contributed by atoms with van der Waals surface area (Å²) >= 11 is 0. The maximum Gasteiger partial charge on any atom is 0.411 e. The molecule has 1 rings (SSSR count). The van der Waals surface area contributed by atoms with Crippen LogP contribution in [0.1, 0.15) is 24.5 Å². The van der Waals surface area contributed by atoms with E-state index in [-0.39, 0.29) is 6.61 Å². The van der Waals surface area contributed by atoms with Gasteiger partial charge in [-0.25, -0.2) is 0 Å². The Balaban J connectivity index is 2.35. The third-order valence-electron chi connectivity index (χ3n) is 3.08. The summed E-state index contributed by atoms with van der Waals surface area (Å²) in [6.07, 6.45) is 0.696. The van der Waals surface area contributed by atoms with Gasteiger partial charge in [-0.05, 0) is 24.5 Å². The van der Waals surface area contributed by atoms with Gasteiger partial charge in [0, 0.05) is 20.1 Å². The van der Waals surface area contributed by atoms with Gasteiger partial charge in [-0.1, -0.05) is 36.4 Å². The Morgan fingerprint density at radius 1 is 1.17 bits per heavy atom. The van der Waals surface area contributed by atoms with Gasteiger partial charge in [-0.15, -0.1) is 0 Å². The Kier molecular flexibility index (Phi) is 8.93. The fourth-order valence-electron chi connectivity index (χ4n) is 1.88. The van der Waals surface area contributed by atoms with Crippen molar-refractivity contribution in [3.05, 3.63) is 47.5 Å². The number of allylic oxidation sites excluding steroid dienone is 1. The molecule has 0 aliphatic carbocycles. The third kappa shape index (κ3) is 9.19. The van der Waals surface area contributed by atoms with Crippen LogP contribution in [0, 0.1) is 0 Å². The highest BCUT2D eigenvalue weighted by molar-refractivity contribution is 5.79. The number of guanidine groups is 1. The van der Waals surface area contributed by atoms with Gasteiger partial charge < -0.3 is 15.4 Å². The molecule has 0 aliphatic heterocycles. The fourth-order valence-corrected chi connectivity index (χ4v) is 1.88. The standard InChI is InChI=1S/C17H24F3N3O/c1-3-4-5-10-22-16(21-2)23-11-14-6-8-15(9-7-14)12-24-13-17(18,19)20/h3-4,6-9H,5,10-13H2,1-2H3,(H2,21,22,23). The molecule has 7 heteroatoms. The first-order valence-electron chi connectivity index (χ1n) is 7.72. The van der Waals surface area contributed by atoms with Gasteiger partial charge in [0.15, 0.2) is 5.96 Å². The van der Waals surface area contributed by atoms with E-state index < -0.39 is 12.8 Å². The molecule has 0 aromatic heterocycles. The highest BCUT2D eigenvalue weighted by atomic mass is 19.4. The second kappa shape index (κ2) is 10.7. The number of rotatable bonds is 8. The number of hydrogen-bond donors (Lipinski definition) is 2. The first-order valence-corrected chi connectivity index (χ1v) is 7.72. The number of nitrogens with zero attached hydrogens (tertiary/aromatic N) is 1. The summed E-state index contributed by atoms with van der Waals surface area (Å²) in [5.41, 5.74) is 1.71. The van der Waals surface area contributed by atoms with Crippen LogP contribution in [0.2, 0.25) is 0 Å². The minimum atomic E-state index is -4.29. The van der Waals surface area contributed by atoms with Crippen LogP contribution in [0.25, 0.3) is 0 Å². The van der Waals surface area contributed by atoms with Gasteiger partial charge in [-0.3, -0.25) is 4.99 Å². The van der Waals surface area contributed by atoms with Crippen molar-refractivity contribution in [1.29, 1.82) is 0 Å². The SMILES string of the molecule is CC=CCCNC(=NC)NCc1ccc(COCC(F)(F)F)cc1. The van der Waals surface area contributed by atoms with E-state index in [0.717, 1.165) is 18.5 Å². The lowest BCUT2D eigenvalue weighted by atomic mass is 10.1. The van der Waals surface area contributed by atoms with Crippen LogP contribution in [-0.4, -0.2) is 32.3 Å². The Bertz CT molecular complexity index is 525. The molecule has 24 heavy (non-hydrogen) atoms. The van der Waals surface area contributed by atoms with Crippen molar-refractivity contribution in [3.63, 3.8) is 0 Å². The third-order valence-corrected chi connectivity index (χ3v) is 3.08. The van der Waals surface area contributed by atoms with Gasteiger partial charge in [0.05, 0.1) is 6.61 Å². The highest BCUT2D eigenvalue weighted by Gasteiger charge is 2.27. The van der Waals surface area contributed by atoms with Crippen molar-refractivity contribution in [1.82, 2.24) is 10.6 Å². The van der Waals surface area contributed by atoms with Crippen molar-refractivity contribution in [3.8, 4) is 0 Å². The molecule has 0 amide bonds. The fraction of sp³-hybridized carbons (Fsp3) is 0.471. The van der Waals surface area contributed by atoms with Crippen molar-refractivity contribution in [2.24, 2.45) is 4.99 Å². The molecule has 0 aliphatic rings. The van der Waals surface area contributed by atoms with Crippen LogP contribution in [0.15, 0.2) is 41.4 Å². The molecule has 0 fully saturated rings. The Morgan fingerprint density at radius 3 is 2.42 bits per heavy atom. The monoisotopic (exact) mass is 343 g/mol. The van der Waals surface area contributed by atoms with Crippen molar-refractivity contribution in [2.75, 3.05) is 20.2 Å². The molecule has 0 saturated heterocycles. The molecule has 0 saturated carbocycles. The number of benzene rings is 1. The lowest BCUT2D eigenvalue weighted by molar-refractivity contribution is -0.176. The quantitative estimate of drug-likeness (QED) is 0.329. The lowest BCUT2D eigenvalue weighted by Crippen LogP contribution is -2.37. The van der Waals surface area contributed by atoms with Gasteiger partial charge in [-0.2, -0.15) is 13.2 Å². The average molecular weight is 343 g/mol. The first-order chi connectivity index (χ1) is 11.4. The summed E-state index contributed by atoms with van der Waals surface area (Å²) in [7, 11) is 1.70. The van der Waals surface area contributed by atoms with Crippen LogP contribution >= 0.6 is 0 Å². The normalized spacial score (nSPS) is 12.6. The number of ether oxygens (including phenoxy) is 1. The van der Waals surface area contributed by atoms with Crippen molar-refractivity contribution in [2.45, 2.75) is 32.7 Å². The van der Waals surface area contributed by atoms with E-state index in [9.17, 15) is 13.2 Å². The second-order valence-corrected chi connectivity index (χ2v) is 5.13. The van der Waals surface area contributed by atoms with Crippen LogP contribution in [0.3, 0.4) is 0 Å². The molecular weight excluding hydrogens is 319 g/mol. The van der Waals surface area contributed by atoms with Crippen LogP contribution in [0.5, 0.6) is 0 Å². The molecule has 2 N–H and O–H groups in total. The Labute approximate surface area is 140 Å². The van der Waals surface area contributed by atoms with E-state index >= 15 is 0 Å². The maximum absolute atomic E-state index is 12.0. The van der Waals surface area contributed by atoms with E-state index in [1.54, 1.807) is 19.2 Å². The zero-order chi connectivity index (χ0) is 17.8. The second-order valence-electron chi connectivity index (χ2n) is 5.13. The lowest BCUT2D eigenvalue weighted by Gasteiger charge is -2.12. The molecule has 4 nitrogen and oxygen atoms in total. The largest absolute Gasteiger partial charge is 0.411 e. The number of halogens is 3. The zero-order valence-electron chi connectivity index (χ0n) is 14.0. The summed E-state index contributed by atoms with van der Waals surface area (Å²) < 4.78 is 40.7. The minimum Gasteiger partial charge on any atom is -0.367 e. The molecule has 0 bridgehead atoms. The smallest absolute Gasteiger partial charge is 0.367 e. The van der Waals surface area contributed by atoms with Crippen molar-refractivity contribution < 1.29 is 17.9 Å². The predicted octanol–water partition coefficient (Wildman–Crippen LogP) is 3.40. The predicted molar refractivity (Wildman–Crippen MR) is 89.8 cm³/mol. The number of nitrogens with one attached hydrogen (secondary N) is 2. The summed E-state index contributed by atoms with van der Waals surface area (Å²) in [6.45, 7) is 2.06. The van der Waals surface area contributed by atoms with Crippen LogP contribution in [-0.2, 0) is 17.9 Å². The van der Waals surface area contributed by atoms with Crippen LogP contribution < -0.4 is 10.6 Å². The van der Waals surface area contributed by atoms with Gasteiger partial charge in [0.25, 0.3) is 0 Å². The average Bonchev–Trinajstić information content (AvgIpc) is 2.54. The molecule has 1 aromatic carbocycles. The zero-order valence-corrected chi connectivity index (χ0v) is 14.0. The Morgan fingerprint density at radius 2 is 1.83 bits per heavy atom. The maximum atomic E-state index is 12.0. The topological polar surface area (TPSA) is 45.7 Å². The van der Waals surface area contributed by atoms with E-state index in [2.05, 4.69) is 26.4 Å². The summed E-state index contributed by atoms with van der Waals surface area (Å²) in [4.78, 5) is 4.13. The molecular formula is C17H24F3N3O. The number of alkyl halides is 3. The summed E-state index contributed by atoms with van der Waals surface area (Å²) in [5, 5.41) is 6.37. The molecule has 134 valence electrons. The molecule has 1 aromatic rings. The Hall–Kier alpha value is -2.02. The van der Waals surface area contributed by atoms with Crippen LogP contribution in [0.4, 0.5) is 13.2 Å². The minimum absolute atomic E-state index is 0.0542. The summed E-state index contributed by atoms with van der Waals surface area (Å²) in [6, 6.07) is 7.23. The van der Waals surface area contributed by atoms with E-state index in [1.807, 2.05) is 25.1 Å². The van der Waals surface area contributed by atoms with E-state index in [4.69, 9.17) is 0 Å². The first kappa shape index (κ1) is 20.0. The molecule has 0 unspecified atom stereocenters. The molecule has 0 atom stereocenters. The van der Waals surface area contributed by atoms with E-state index in [0.29, 0.717) is 18.1 Å².